The van der Waals surface area contributed by atoms with Gasteiger partial charge in [0.05, 0.1) is 0 Å². The molecule has 1 rings (SSSR count). The molecular weight excluding hydrogens is 166 g/mol. The van der Waals surface area contributed by atoms with Crippen LogP contribution in [0.25, 0.3) is 0 Å². The van der Waals surface area contributed by atoms with Gasteiger partial charge >= 0.3 is 0 Å². The first kappa shape index (κ1) is 9.75. The smallest absolute Gasteiger partial charge is 0.00767 e. The normalized spacial score (nSPS) is 13.2. The molecule has 0 radical (unpaired) electrons. The van der Waals surface area contributed by atoms with E-state index in [4.69, 9.17) is 0 Å². The molecule has 0 fully saturated rings. The zero-order valence-corrected chi connectivity index (χ0v) is 8.87. The van der Waals surface area contributed by atoms with E-state index in [-0.39, 0.29) is 0 Å². The van der Waals surface area contributed by atoms with Crippen LogP contribution in [0.4, 0.5) is 0 Å². The van der Waals surface area contributed by atoms with E-state index in [0.29, 0.717) is 5.92 Å². The molecule has 68 valence electrons. The minimum Gasteiger partial charge on any atom is -0.320 e. The van der Waals surface area contributed by atoms with Crippen molar-refractivity contribution in [3.8, 4) is 0 Å². The Kier molecular flexibility index (Phi) is 3.76. The highest BCUT2D eigenvalue weighted by Crippen LogP contribution is 2.25. The minimum atomic E-state index is 0.705. The summed E-state index contributed by atoms with van der Waals surface area (Å²) in [6.45, 7) is 5.57. The van der Waals surface area contributed by atoms with Gasteiger partial charge in [0.2, 0.25) is 0 Å². The van der Waals surface area contributed by atoms with E-state index in [9.17, 15) is 0 Å². The summed E-state index contributed by atoms with van der Waals surface area (Å²) in [5, 5.41) is 3.18. The summed E-state index contributed by atoms with van der Waals surface area (Å²) < 4.78 is 0. The van der Waals surface area contributed by atoms with E-state index in [1.807, 2.05) is 18.4 Å². The lowest BCUT2D eigenvalue weighted by Crippen LogP contribution is -2.10. The van der Waals surface area contributed by atoms with Crippen molar-refractivity contribution < 1.29 is 0 Å². The molecule has 0 aromatic carbocycles. The number of hydrogen-bond donors (Lipinski definition) is 1. The van der Waals surface area contributed by atoms with Crippen molar-refractivity contribution >= 4 is 11.3 Å². The van der Waals surface area contributed by atoms with Crippen LogP contribution in [0.5, 0.6) is 0 Å². The molecule has 1 aromatic heterocycles. The average Bonchev–Trinajstić information content (AvgIpc) is 2.47. The fourth-order valence-electron chi connectivity index (χ4n) is 1.22. The van der Waals surface area contributed by atoms with Gasteiger partial charge in [0.1, 0.15) is 0 Å². The van der Waals surface area contributed by atoms with Crippen LogP contribution in [0.1, 0.15) is 29.0 Å². The molecule has 1 unspecified atom stereocenters. The van der Waals surface area contributed by atoms with Crippen molar-refractivity contribution in [1.82, 2.24) is 5.32 Å². The first-order chi connectivity index (χ1) is 5.74. The van der Waals surface area contributed by atoms with Crippen LogP contribution in [0.3, 0.4) is 0 Å². The molecule has 1 atom stereocenters. The van der Waals surface area contributed by atoms with Crippen LogP contribution >= 0.6 is 11.3 Å². The Morgan fingerprint density at radius 2 is 2.25 bits per heavy atom. The molecule has 0 saturated heterocycles. The second kappa shape index (κ2) is 4.63. The number of thiophene rings is 1. The second-order valence-corrected chi connectivity index (χ2v) is 4.56. The van der Waals surface area contributed by atoms with Crippen molar-refractivity contribution in [3.63, 3.8) is 0 Å². The van der Waals surface area contributed by atoms with Crippen molar-refractivity contribution in [1.29, 1.82) is 0 Å². The summed E-state index contributed by atoms with van der Waals surface area (Å²) in [6.07, 6.45) is 1.23. The van der Waals surface area contributed by atoms with Crippen molar-refractivity contribution in [2.45, 2.75) is 26.2 Å². The third kappa shape index (κ3) is 2.61. The van der Waals surface area contributed by atoms with Crippen LogP contribution < -0.4 is 5.32 Å². The van der Waals surface area contributed by atoms with Gasteiger partial charge < -0.3 is 5.32 Å². The van der Waals surface area contributed by atoms with Crippen molar-refractivity contribution in [2.24, 2.45) is 0 Å². The van der Waals surface area contributed by atoms with Gasteiger partial charge in [0.25, 0.3) is 0 Å². The predicted octanol–water partition coefficient (Wildman–Crippen LogP) is 2.77. The lowest BCUT2D eigenvalue weighted by Gasteiger charge is -2.07. The van der Waals surface area contributed by atoms with E-state index in [0.717, 1.165) is 6.54 Å². The van der Waals surface area contributed by atoms with E-state index < -0.39 is 0 Å². The molecule has 0 spiro atoms. The Hall–Kier alpha value is -0.340. The first-order valence-corrected chi connectivity index (χ1v) is 5.26. The van der Waals surface area contributed by atoms with Gasteiger partial charge in [-0.1, -0.05) is 6.92 Å². The Morgan fingerprint density at radius 3 is 2.75 bits per heavy atom. The topological polar surface area (TPSA) is 12.0 Å². The molecule has 0 aliphatic heterocycles. The maximum Gasteiger partial charge on any atom is 0.00767 e. The lowest BCUT2D eigenvalue weighted by molar-refractivity contribution is 0.644. The summed E-state index contributed by atoms with van der Waals surface area (Å²) in [7, 11) is 2.01. The summed E-state index contributed by atoms with van der Waals surface area (Å²) in [5.41, 5.74) is 0. The van der Waals surface area contributed by atoms with Gasteiger partial charge in [-0.2, -0.15) is 0 Å². The third-order valence-corrected chi connectivity index (χ3v) is 3.31. The molecule has 1 nitrogen and oxygen atoms in total. The van der Waals surface area contributed by atoms with Crippen LogP contribution in [0.2, 0.25) is 0 Å². The summed E-state index contributed by atoms with van der Waals surface area (Å²) in [5.74, 6) is 0.705. The number of hydrogen-bond acceptors (Lipinski definition) is 2. The second-order valence-electron chi connectivity index (χ2n) is 3.24. The minimum absolute atomic E-state index is 0.705. The maximum atomic E-state index is 3.18. The summed E-state index contributed by atoms with van der Waals surface area (Å²) >= 11 is 1.92. The molecule has 1 aromatic rings. The standard InChI is InChI=1S/C10H17NS/c1-8(6-7-11-3)10-5-4-9(2)12-10/h4-5,8,11H,6-7H2,1-3H3. The zero-order valence-electron chi connectivity index (χ0n) is 8.05. The zero-order chi connectivity index (χ0) is 8.97. The highest BCUT2D eigenvalue weighted by atomic mass is 32.1. The predicted molar refractivity (Wildman–Crippen MR) is 56.0 cm³/mol. The van der Waals surface area contributed by atoms with E-state index in [1.54, 1.807) is 0 Å². The number of aryl methyl sites for hydroxylation is 1. The van der Waals surface area contributed by atoms with E-state index >= 15 is 0 Å². The van der Waals surface area contributed by atoms with Crippen LogP contribution in [-0.2, 0) is 0 Å². The Labute approximate surface area is 78.8 Å². The van der Waals surface area contributed by atoms with Gasteiger partial charge in [-0.15, -0.1) is 11.3 Å². The average molecular weight is 183 g/mol. The molecule has 0 saturated carbocycles. The fourth-order valence-corrected chi connectivity index (χ4v) is 2.18. The quantitative estimate of drug-likeness (QED) is 0.757. The van der Waals surface area contributed by atoms with E-state index in [1.165, 1.54) is 16.2 Å². The van der Waals surface area contributed by atoms with Gasteiger partial charge in [-0.25, -0.2) is 0 Å². The van der Waals surface area contributed by atoms with E-state index in [2.05, 4.69) is 31.3 Å². The first-order valence-electron chi connectivity index (χ1n) is 4.45. The summed E-state index contributed by atoms with van der Waals surface area (Å²) in [4.78, 5) is 2.93. The highest BCUT2D eigenvalue weighted by molar-refractivity contribution is 7.12. The molecule has 1 N–H and O–H groups in total. The Bertz CT molecular complexity index is 229. The van der Waals surface area contributed by atoms with Gasteiger partial charge in [-0.3, -0.25) is 0 Å². The lowest BCUT2D eigenvalue weighted by atomic mass is 10.1. The largest absolute Gasteiger partial charge is 0.320 e. The van der Waals surface area contributed by atoms with Crippen molar-refractivity contribution in [3.05, 3.63) is 21.9 Å². The highest BCUT2D eigenvalue weighted by Gasteiger charge is 2.06. The van der Waals surface area contributed by atoms with Crippen LogP contribution in [0.15, 0.2) is 12.1 Å². The molecular formula is C10H17NS. The Morgan fingerprint density at radius 1 is 1.50 bits per heavy atom. The molecule has 0 bridgehead atoms. The third-order valence-electron chi connectivity index (χ3n) is 2.07. The molecule has 12 heavy (non-hydrogen) atoms. The van der Waals surface area contributed by atoms with Crippen LogP contribution in [0, 0.1) is 6.92 Å². The summed E-state index contributed by atoms with van der Waals surface area (Å²) in [6, 6.07) is 4.45. The number of nitrogens with one attached hydrogen (secondary N) is 1. The number of rotatable bonds is 4. The van der Waals surface area contributed by atoms with Gasteiger partial charge in [0, 0.05) is 9.75 Å². The molecule has 0 aliphatic carbocycles. The van der Waals surface area contributed by atoms with Gasteiger partial charge in [-0.05, 0) is 45.0 Å². The SMILES string of the molecule is CNCCC(C)c1ccc(C)s1. The maximum absolute atomic E-state index is 3.18. The molecule has 1 heterocycles. The van der Waals surface area contributed by atoms with Gasteiger partial charge in [0.15, 0.2) is 0 Å². The van der Waals surface area contributed by atoms with Crippen LogP contribution in [-0.4, -0.2) is 13.6 Å². The van der Waals surface area contributed by atoms with Crippen molar-refractivity contribution in [2.75, 3.05) is 13.6 Å². The monoisotopic (exact) mass is 183 g/mol. The molecule has 0 aliphatic rings. The molecule has 0 amide bonds. The Balaban J connectivity index is 2.47. The fraction of sp³-hybridized carbons (Fsp3) is 0.600. The molecule has 2 heteroatoms.